The van der Waals surface area contributed by atoms with Crippen LogP contribution in [0.25, 0.3) is 0 Å². The molecule has 0 amide bonds. The number of hydrogen-bond acceptors (Lipinski definition) is 3. The van der Waals surface area contributed by atoms with E-state index in [0.29, 0.717) is 18.8 Å². The second-order valence-corrected chi connectivity index (χ2v) is 4.94. The molecule has 0 aliphatic carbocycles. The second kappa shape index (κ2) is 7.09. The first kappa shape index (κ1) is 15.4. The summed E-state index contributed by atoms with van der Waals surface area (Å²) in [6, 6.07) is 6.46. The van der Waals surface area contributed by atoms with Crippen molar-refractivity contribution in [2.45, 2.75) is 6.92 Å². The van der Waals surface area contributed by atoms with Crippen molar-refractivity contribution in [3.05, 3.63) is 30.1 Å². The molecule has 0 saturated carbocycles. The molecule has 106 valence electrons. The molecule has 0 radical (unpaired) electrons. The smallest absolute Gasteiger partial charge is 0.308 e. The first-order valence-electron chi connectivity index (χ1n) is 6.29. The van der Waals surface area contributed by atoms with Crippen LogP contribution in [0.15, 0.2) is 24.3 Å². The van der Waals surface area contributed by atoms with Gasteiger partial charge in [0.15, 0.2) is 0 Å². The van der Waals surface area contributed by atoms with Crippen molar-refractivity contribution in [3.63, 3.8) is 0 Å². The van der Waals surface area contributed by atoms with Gasteiger partial charge in [0.25, 0.3) is 0 Å². The number of hydrogen-bond donors (Lipinski definition) is 1. The molecule has 0 spiro atoms. The fourth-order valence-electron chi connectivity index (χ4n) is 1.75. The van der Waals surface area contributed by atoms with Crippen LogP contribution in [0.3, 0.4) is 0 Å². The van der Waals surface area contributed by atoms with E-state index in [1.165, 1.54) is 6.07 Å². The van der Waals surface area contributed by atoms with Crippen molar-refractivity contribution in [1.29, 1.82) is 0 Å². The van der Waals surface area contributed by atoms with Crippen LogP contribution >= 0.6 is 0 Å². The van der Waals surface area contributed by atoms with Crippen molar-refractivity contribution >= 4 is 11.7 Å². The average molecular weight is 268 g/mol. The Morgan fingerprint density at radius 3 is 2.47 bits per heavy atom. The van der Waals surface area contributed by atoms with Crippen LogP contribution in [0, 0.1) is 11.7 Å². The Labute approximate surface area is 113 Å². The van der Waals surface area contributed by atoms with Crippen LogP contribution in [-0.4, -0.2) is 49.7 Å². The molecule has 1 rings (SSSR count). The number of aliphatic carboxylic acids is 1. The fourth-order valence-corrected chi connectivity index (χ4v) is 1.75. The minimum absolute atomic E-state index is 0.296. The lowest BCUT2D eigenvalue weighted by atomic mass is 10.1. The Balaban J connectivity index is 2.85. The molecule has 1 aromatic rings. The van der Waals surface area contributed by atoms with E-state index in [1.54, 1.807) is 30.0 Å². The maximum Gasteiger partial charge on any atom is 0.308 e. The Bertz CT molecular complexity index is 424. The lowest BCUT2D eigenvalue weighted by molar-refractivity contribution is -0.140. The van der Waals surface area contributed by atoms with E-state index < -0.39 is 11.9 Å². The first-order valence-corrected chi connectivity index (χ1v) is 6.29. The number of carbonyl (C=O) groups is 1. The Morgan fingerprint density at radius 1 is 1.32 bits per heavy atom. The molecule has 4 nitrogen and oxygen atoms in total. The average Bonchev–Trinajstić information content (AvgIpc) is 2.34. The van der Waals surface area contributed by atoms with Gasteiger partial charge in [0.1, 0.15) is 5.82 Å². The minimum Gasteiger partial charge on any atom is -0.481 e. The molecular formula is C14H21FN2O2. The van der Waals surface area contributed by atoms with Crippen LogP contribution in [-0.2, 0) is 4.79 Å². The standard InChI is InChI=1S/C14H21FN2O2/c1-11(14(18)19)10-17(9-8-16(2)3)13-7-5-4-6-12(13)15/h4-7,11H,8-10H2,1-3H3,(H,18,19). The fraction of sp³-hybridized carbons (Fsp3) is 0.500. The number of carboxylic acid groups (broad SMARTS) is 1. The van der Waals surface area contributed by atoms with E-state index in [9.17, 15) is 9.18 Å². The molecule has 1 atom stereocenters. The third-order valence-electron chi connectivity index (χ3n) is 2.93. The lowest BCUT2D eigenvalue weighted by Gasteiger charge is -2.28. The number of para-hydroxylation sites is 1. The highest BCUT2D eigenvalue weighted by atomic mass is 19.1. The van der Waals surface area contributed by atoms with E-state index in [4.69, 9.17) is 5.11 Å². The zero-order valence-electron chi connectivity index (χ0n) is 11.6. The van der Waals surface area contributed by atoms with Crippen LogP contribution in [0.1, 0.15) is 6.92 Å². The molecule has 1 N–H and O–H groups in total. The van der Waals surface area contributed by atoms with Gasteiger partial charge < -0.3 is 14.9 Å². The van der Waals surface area contributed by atoms with Crippen LogP contribution < -0.4 is 4.90 Å². The topological polar surface area (TPSA) is 43.8 Å². The quantitative estimate of drug-likeness (QED) is 0.820. The van der Waals surface area contributed by atoms with Gasteiger partial charge in [-0.05, 0) is 26.2 Å². The number of anilines is 1. The summed E-state index contributed by atoms with van der Waals surface area (Å²) in [6.07, 6.45) is 0. The molecule has 0 heterocycles. The second-order valence-electron chi connectivity index (χ2n) is 4.94. The molecular weight excluding hydrogens is 247 g/mol. The maximum atomic E-state index is 13.8. The van der Waals surface area contributed by atoms with Gasteiger partial charge >= 0.3 is 5.97 Å². The summed E-state index contributed by atoms with van der Waals surface area (Å²) in [7, 11) is 3.86. The molecule has 1 unspecified atom stereocenters. The lowest BCUT2D eigenvalue weighted by Crippen LogP contribution is -2.37. The van der Waals surface area contributed by atoms with E-state index in [-0.39, 0.29) is 5.82 Å². The highest BCUT2D eigenvalue weighted by molar-refractivity contribution is 5.70. The monoisotopic (exact) mass is 268 g/mol. The van der Waals surface area contributed by atoms with Gasteiger partial charge in [0, 0.05) is 19.6 Å². The molecule has 0 bridgehead atoms. The van der Waals surface area contributed by atoms with E-state index in [0.717, 1.165) is 6.54 Å². The Hall–Kier alpha value is -1.62. The van der Waals surface area contributed by atoms with E-state index >= 15 is 0 Å². The largest absolute Gasteiger partial charge is 0.481 e. The molecule has 0 aliphatic rings. The summed E-state index contributed by atoms with van der Waals surface area (Å²) in [5.74, 6) is -1.73. The minimum atomic E-state index is -0.869. The van der Waals surface area contributed by atoms with Crippen LogP contribution in [0.5, 0.6) is 0 Å². The third-order valence-corrected chi connectivity index (χ3v) is 2.93. The van der Waals surface area contributed by atoms with Crippen molar-refractivity contribution in [1.82, 2.24) is 4.90 Å². The van der Waals surface area contributed by atoms with E-state index in [1.807, 2.05) is 19.0 Å². The number of likely N-dealkylation sites (N-methyl/N-ethyl adjacent to an activating group) is 1. The van der Waals surface area contributed by atoms with Gasteiger partial charge in [-0.25, -0.2) is 4.39 Å². The predicted octanol–water partition coefficient (Wildman–Crippen LogP) is 1.91. The summed E-state index contributed by atoms with van der Waals surface area (Å²) >= 11 is 0. The number of rotatable bonds is 7. The highest BCUT2D eigenvalue weighted by Gasteiger charge is 2.18. The summed E-state index contributed by atoms with van der Waals surface area (Å²) in [5.41, 5.74) is 0.456. The molecule has 5 heteroatoms. The summed E-state index contributed by atoms with van der Waals surface area (Å²) in [6.45, 7) is 3.25. The summed E-state index contributed by atoms with van der Waals surface area (Å²) in [5, 5.41) is 8.99. The SMILES string of the molecule is CC(CN(CCN(C)C)c1ccccc1F)C(=O)O. The van der Waals surface area contributed by atoms with Gasteiger partial charge in [-0.15, -0.1) is 0 Å². The van der Waals surface area contributed by atoms with Crippen molar-refractivity contribution in [3.8, 4) is 0 Å². The predicted molar refractivity (Wildman–Crippen MR) is 74.0 cm³/mol. The first-order chi connectivity index (χ1) is 8.91. The van der Waals surface area contributed by atoms with Gasteiger partial charge in [-0.2, -0.15) is 0 Å². The molecule has 19 heavy (non-hydrogen) atoms. The van der Waals surface area contributed by atoms with Gasteiger partial charge in [0.2, 0.25) is 0 Å². The van der Waals surface area contributed by atoms with Crippen molar-refractivity contribution in [2.24, 2.45) is 5.92 Å². The molecule has 1 aromatic carbocycles. The van der Waals surface area contributed by atoms with Crippen LogP contribution in [0.2, 0.25) is 0 Å². The number of nitrogens with zero attached hydrogens (tertiary/aromatic N) is 2. The number of halogens is 1. The summed E-state index contributed by atoms with van der Waals surface area (Å²) in [4.78, 5) is 14.7. The van der Waals surface area contributed by atoms with Crippen LogP contribution in [0.4, 0.5) is 10.1 Å². The molecule has 0 aliphatic heterocycles. The maximum absolute atomic E-state index is 13.8. The zero-order chi connectivity index (χ0) is 14.4. The zero-order valence-corrected chi connectivity index (χ0v) is 11.6. The van der Waals surface area contributed by atoms with Crippen molar-refractivity contribution in [2.75, 3.05) is 38.6 Å². The van der Waals surface area contributed by atoms with Gasteiger partial charge in [0.05, 0.1) is 11.6 Å². The number of carboxylic acids is 1. The highest BCUT2D eigenvalue weighted by Crippen LogP contribution is 2.19. The number of benzene rings is 1. The van der Waals surface area contributed by atoms with Gasteiger partial charge in [-0.1, -0.05) is 19.1 Å². The van der Waals surface area contributed by atoms with Gasteiger partial charge in [-0.3, -0.25) is 4.79 Å². The summed E-state index contributed by atoms with van der Waals surface area (Å²) < 4.78 is 13.8. The normalized spacial score (nSPS) is 12.5. The molecule has 0 aromatic heterocycles. The van der Waals surface area contributed by atoms with E-state index in [2.05, 4.69) is 0 Å². The molecule has 0 fully saturated rings. The van der Waals surface area contributed by atoms with Crippen molar-refractivity contribution < 1.29 is 14.3 Å². The molecule has 0 saturated heterocycles. The Kier molecular flexibility index (Phi) is 5.76. The Morgan fingerprint density at radius 2 is 1.95 bits per heavy atom. The third kappa shape index (κ3) is 4.87.